The van der Waals surface area contributed by atoms with Crippen molar-refractivity contribution in [3.63, 3.8) is 0 Å². The van der Waals surface area contributed by atoms with Crippen LogP contribution in [0.25, 0.3) is 0 Å². The van der Waals surface area contributed by atoms with Gasteiger partial charge in [0.1, 0.15) is 0 Å². The van der Waals surface area contributed by atoms with E-state index in [0.717, 1.165) is 37.9 Å². The number of benzene rings is 1. The number of hydrogen-bond acceptors (Lipinski definition) is 3. The molecular formula is C13H19NO2. The summed E-state index contributed by atoms with van der Waals surface area (Å²) >= 11 is 0. The molecule has 1 aromatic rings. The predicted octanol–water partition coefficient (Wildman–Crippen LogP) is 2.26. The molecule has 1 aliphatic heterocycles. The van der Waals surface area contributed by atoms with Crippen LogP contribution < -0.4 is 5.73 Å². The summed E-state index contributed by atoms with van der Waals surface area (Å²) in [5, 5.41) is 9.99. The minimum Gasteiger partial charge on any atom is -0.399 e. The summed E-state index contributed by atoms with van der Waals surface area (Å²) in [4.78, 5) is 0. The summed E-state index contributed by atoms with van der Waals surface area (Å²) in [6, 6.07) is 7.45. The fraction of sp³-hybridized carbons (Fsp3) is 0.538. The Kier molecular flexibility index (Phi) is 3.80. The van der Waals surface area contributed by atoms with E-state index in [4.69, 9.17) is 10.5 Å². The number of aliphatic hydroxyl groups is 1. The van der Waals surface area contributed by atoms with Crippen LogP contribution in [0.4, 0.5) is 5.69 Å². The number of hydrogen-bond donors (Lipinski definition) is 2. The molecule has 1 aliphatic rings. The van der Waals surface area contributed by atoms with Crippen molar-refractivity contribution in [1.29, 1.82) is 0 Å². The molecule has 2 unspecified atom stereocenters. The summed E-state index contributed by atoms with van der Waals surface area (Å²) in [5.74, 6) is 0. The van der Waals surface area contributed by atoms with E-state index in [0.29, 0.717) is 11.8 Å². The second-order valence-corrected chi connectivity index (χ2v) is 4.40. The Labute approximate surface area is 96.2 Å². The summed E-state index contributed by atoms with van der Waals surface area (Å²) in [5.41, 5.74) is 7.28. The van der Waals surface area contributed by atoms with Gasteiger partial charge in [-0.3, -0.25) is 0 Å². The van der Waals surface area contributed by atoms with Crippen LogP contribution in [0.3, 0.4) is 0 Å². The molecular weight excluding hydrogens is 202 g/mol. The number of nitrogen functional groups attached to an aromatic ring is 1. The van der Waals surface area contributed by atoms with Crippen LogP contribution >= 0.6 is 0 Å². The summed E-state index contributed by atoms with van der Waals surface area (Å²) < 4.78 is 5.53. The van der Waals surface area contributed by atoms with E-state index in [9.17, 15) is 5.11 Å². The molecule has 0 saturated carbocycles. The molecule has 2 rings (SSSR count). The first-order chi connectivity index (χ1) is 7.75. The smallest absolute Gasteiger partial charge is 0.0791 e. The van der Waals surface area contributed by atoms with Gasteiger partial charge in [-0.25, -0.2) is 0 Å². The predicted molar refractivity (Wildman–Crippen MR) is 64.0 cm³/mol. The molecule has 0 aromatic heterocycles. The molecule has 2 atom stereocenters. The highest BCUT2D eigenvalue weighted by atomic mass is 16.5. The molecule has 16 heavy (non-hydrogen) atoms. The van der Waals surface area contributed by atoms with Crippen molar-refractivity contribution in [1.82, 2.24) is 0 Å². The van der Waals surface area contributed by atoms with Crippen LogP contribution in [0.5, 0.6) is 0 Å². The standard InChI is InChI=1S/C13H19NO2/c14-11-4-1-3-10(9-11)13(15)7-6-12-5-2-8-16-12/h1,3-4,9,12-13,15H,2,5-8,14H2. The zero-order valence-electron chi connectivity index (χ0n) is 9.43. The van der Waals surface area contributed by atoms with Crippen LogP contribution in [-0.4, -0.2) is 17.8 Å². The number of nitrogens with two attached hydrogens (primary N) is 1. The summed E-state index contributed by atoms with van der Waals surface area (Å²) in [6.07, 6.45) is 3.87. The highest BCUT2D eigenvalue weighted by molar-refractivity contribution is 5.41. The number of aliphatic hydroxyl groups excluding tert-OH is 1. The van der Waals surface area contributed by atoms with Crippen LogP contribution in [-0.2, 0) is 4.74 Å². The fourth-order valence-corrected chi connectivity index (χ4v) is 2.15. The van der Waals surface area contributed by atoms with Crippen LogP contribution in [0, 0.1) is 0 Å². The Morgan fingerprint density at radius 2 is 2.38 bits per heavy atom. The van der Waals surface area contributed by atoms with Crippen molar-refractivity contribution >= 4 is 5.69 Å². The lowest BCUT2D eigenvalue weighted by Gasteiger charge is -2.14. The maximum Gasteiger partial charge on any atom is 0.0791 e. The zero-order chi connectivity index (χ0) is 11.4. The van der Waals surface area contributed by atoms with Gasteiger partial charge in [0.15, 0.2) is 0 Å². The van der Waals surface area contributed by atoms with E-state index < -0.39 is 6.10 Å². The number of rotatable bonds is 4. The third-order valence-corrected chi connectivity index (χ3v) is 3.08. The Bertz CT molecular complexity index is 334. The Morgan fingerprint density at radius 3 is 3.06 bits per heavy atom. The van der Waals surface area contributed by atoms with Crippen LogP contribution in [0.2, 0.25) is 0 Å². The van der Waals surface area contributed by atoms with Gasteiger partial charge < -0.3 is 15.6 Å². The lowest BCUT2D eigenvalue weighted by molar-refractivity contribution is 0.0812. The molecule has 1 heterocycles. The van der Waals surface area contributed by atoms with Crippen molar-refractivity contribution in [3.8, 4) is 0 Å². The zero-order valence-corrected chi connectivity index (χ0v) is 9.43. The van der Waals surface area contributed by atoms with Crippen molar-refractivity contribution in [2.24, 2.45) is 0 Å². The topological polar surface area (TPSA) is 55.5 Å². The molecule has 1 saturated heterocycles. The van der Waals surface area contributed by atoms with E-state index >= 15 is 0 Å². The Balaban J connectivity index is 1.85. The van der Waals surface area contributed by atoms with Crippen LogP contribution in [0.1, 0.15) is 37.4 Å². The van der Waals surface area contributed by atoms with Gasteiger partial charge in [0.2, 0.25) is 0 Å². The molecule has 3 heteroatoms. The van der Waals surface area contributed by atoms with Gasteiger partial charge in [0, 0.05) is 12.3 Å². The van der Waals surface area contributed by atoms with Crippen molar-refractivity contribution in [3.05, 3.63) is 29.8 Å². The van der Waals surface area contributed by atoms with Gasteiger partial charge in [-0.05, 0) is 43.4 Å². The van der Waals surface area contributed by atoms with Crippen molar-refractivity contribution in [2.45, 2.75) is 37.9 Å². The molecule has 0 amide bonds. The second-order valence-electron chi connectivity index (χ2n) is 4.40. The van der Waals surface area contributed by atoms with E-state index in [1.165, 1.54) is 0 Å². The Morgan fingerprint density at radius 1 is 1.50 bits per heavy atom. The lowest BCUT2D eigenvalue weighted by atomic mass is 10.0. The van der Waals surface area contributed by atoms with Crippen molar-refractivity contribution in [2.75, 3.05) is 12.3 Å². The summed E-state index contributed by atoms with van der Waals surface area (Å²) in [6.45, 7) is 0.874. The van der Waals surface area contributed by atoms with Crippen molar-refractivity contribution < 1.29 is 9.84 Å². The first kappa shape index (κ1) is 11.4. The summed E-state index contributed by atoms with van der Waals surface area (Å²) in [7, 11) is 0. The van der Waals surface area contributed by atoms with Crippen LogP contribution in [0.15, 0.2) is 24.3 Å². The fourth-order valence-electron chi connectivity index (χ4n) is 2.15. The normalized spacial score (nSPS) is 22.2. The maximum absolute atomic E-state index is 9.99. The second kappa shape index (κ2) is 5.32. The van der Waals surface area contributed by atoms with E-state index in [2.05, 4.69) is 0 Å². The molecule has 1 aromatic carbocycles. The first-order valence-electron chi connectivity index (χ1n) is 5.91. The number of anilines is 1. The first-order valence-corrected chi connectivity index (χ1v) is 5.91. The van der Waals surface area contributed by atoms with Gasteiger partial charge in [-0.2, -0.15) is 0 Å². The molecule has 88 valence electrons. The molecule has 3 N–H and O–H groups in total. The highest BCUT2D eigenvalue weighted by Gasteiger charge is 2.17. The highest BCUT2D eigenvalue weighted by Crippen LogP contribution is 2.24. The number of ether oxygens (including phenoxy) is 1. The minimum absolute atomic E-state index is 0.343. The quantitative estimate of drug-likeness (QED) is 0.767. The third kappa shape index (κ3) is 2.97. The lowest BCUT2D eigenvalue weighted by Crippen LogP contribution is -2.08. The van der Waals surface area contributed by atoms with Gasteiger partial charge in [-0.1, -0.05) is 12.1 Å². The average Bonchev–Trinajstić information content (AvgIpc) is 2.78. The van der Waals surface area contributed by atoms with Gasteiger partial charge in [0.05, 0.1) is 12.2 Å². The van der Waals surface area contributed by atoms with E-state index in [1.807, 2.05) is 24.3 Å². The molecule has 0 bridgehead atoms. The SMILES string of the molecule is Nc1cccc(C(O)CCC2CCCO2)c1. The maximum atomic E-state index is 9.99. The molecule has 0 radical (unpaired) electrons. The molecule has 0 spiro atoms. The Hall–Kier alpha value is -1.06. The van der Waals surface area contributed by atoms with E-state index in [1.54, 1.807) is 0 Å². The largest absolute Gasteiger partial charge is 0.399 e. The molecule has 0 aliphatic carbocycles. The van der Waals surface area contributed by atoms with Gasteiger partial charge in [-0.15, -0.1) is 0 Å². The third-order valence-electron chi connectivity index (χ3n) is 3.08. The minimum atomic E-state index is -0.423. The monoisotopic (exact) mass is 221 g/mol. The molecule has 3 nitrogen and oxygen atoms in total. The van der Waals surface area contributed by atoms with Gasteiger partial charge >= 0.3 is 0 Å². The van der Waals surface area contributed by atoms with Gasteiger partial charge in [0.25, 0.3) is 0 Å². The molecule has 1 fully saturated rings. The van der Waals surface area contributed by atoms with E-state index in [-0.39, 0.29) is 0 Å². The average molecular weight is 221 g/mol.